The zero-order valence-corrected chi connectivity index (χ0v) is 22.8. The van der Waals surface area contributed by atoms with Crippen LogP contribution >= 0.6 is 0 Å². The third kappa shape index (κ3) is 9.23. The first kappa shape index (κ1) is 34.0. The van der Waals surface area contributed by atoms with E-state index >= 15 is 0 Å². The molecule has 0 saturated carbocycles. The molecule has 0 amide bonds. The van der Waals surface area contributed by atoms with Gasteiger partial charge in [0.2, 0.25) is 0 Å². The second-order valence-corrected chi connectivity index (χ2v) is 10.4. The van der Waals surface area contributed by atoms with Gasteiger partial charge in [-0.15, -0.1) is 0 Å². The molecule has 2 aliphatic rings. The number of aliphatic hydroxyl groups excluding tert-OH is 6. The molecule has 0 aromatic heterocycles. The van der Waals surface area contributed by atoms with Gasteiger partial charge in [-0.1, -0.05) is 42.5 Å². The van der Waals surface area contributed by atoms with Crippen LogP contribution in [0.2, 0.25) is 0 Å². The maximum atomic E-state index is 12.4. The molecule has 0 bridgehead atoms. The lowest BCUT2D eigenvalue weighted by molar-refractivity contribution is -0.358. The molecule has 2 heterocycles. The van der Waals surface area contributed by atoms with E-state index in [0.29, 0.717) is 0 Å². The standard InChI is InChI=1S/C27H38O15/c1-27(37,10-17(29)30)11-18(31)39-13-16-24(42-26-22(35)20(33)19(32)15(12-28)40-26)21(34)23(36)25(41-16)38-9-5-8-14-6-3-2-4-7-14/h2-8,15-16,19-26,28,32-37H,9-13H2,1H3,(H,29,30)/t15-,16-,19-,20+,21-,22-,23-,24-,25-,26+,27+/m1/s1. The Balaban J connectivity index is 1.72. The highest BCUT2D eigenvalue weighted by atomic mass is 16.7. The number of hydrogen-bond acceptors (Lipinski definition) is 14. The molecule has 3 rings (SSSR count). The molecule has 1 aromatic carbocycles. The van der Waals surface area contributed by atoms with Crippen molar-refractivity contribution >= 4 is 18.0 Å². The van der Waals surface area contributed by atoms with Crippen molar-refractivity contribution in [1.29, 1.82) is 0 Å². The lowest BCUT2D eigenvalue weighted by Gasteiger charge is -2.46. The van der Waals surface area contributed by atoms with E-state index < -0.39 is 105 Å². The van der Waals surface area contributed by atoms with Crippen molar-refractivity contribution in [3.8, 4) is 0 Å². The molecule has 236 valence electrons. The van der Waals surface area contributed by atoms with E-state index in [-0.39, 0.29) is 6.61 Å². The van der Waals surface area contributed by atoms with E-state index in [2.05, 4.69) is 0 Å². The predicted molar refractivity (Wildman–Crippen MR) is 139 cm³/mol. The number of carbonyl (C=O) groups excluding carboxylic acids is 1. The summed E-state index contributed by atoms with van der Waals surface area (Å²) >= 11 is 0. The normalized spacial score (nSPS) is 35.0. The summed E-state index contributed by atoms with van der Waals surface area (Å²) in [6.45, 7) is -0.321. The highest BCUT2D eigenvalue weighted by Gasteiger charge is 2.51. The van der Waals surface area contributed by atoms with Crippen molar-refractivity contribution in [2.24, 2.45) is 0 Å². The minimum atomic E-state index is -1.92. The summed E-state index contributed by atoms with van der Waals surface area (Å²) in [6, 6.07) is 9.24. The summed E-state index contributed by atoms with van der Waals surface area (Å²) < 4.78 is 27.4. The Labute approximate surface area is 241 Å². The number of carboxylic acid groups (broad SMARTS) is 1. The van der Waals surface area contributed by atoms with Gasteiger partial charge in [-0.05, 0) is 12.5 Å². The van der Waals surface area contributed by atoms with Gasteiger partial charge >= 0.3 is 11.9 Å². The number of esters is 1. The SMILES string of the molecule is C[C@](O)(CC(=O)O)CC(=O)OC[C@H]1O[C@@H](OCC=Cc2ccccc2)[C@H](O)[C@@H](O)[C@@H]1O[C@@H]1O[C@H](CO)[C@@H](O)[C@H](O)[C@H]1O. The lowest BCUT2D eigenvalue weighted by atomic mass is 9.97. The van der Waals surface area contributed by atoms with Crippen LogP contribution in [0.1, 0.15) is 25.3 Å². The molecule has 42 heavy (non-hydrogen) atoms. The van der Waals surface area contributed by atoms with Gasteiger partial charge < -0.3 is 64.5 Å². The number of carboxylic acids is 1. The largest absolute Gasteiger partial charge is 0.481 e. The first-order valence-electron chi connectivity index (χ1n) is 13.2. The zero-order chi connectivity index (χ0) is 31.0. The number of aliphatic carboxylic acids is 1. The molecule has 15 nitrogen and oxygen atoms in total. The van der Waals surface area contributed by atoms with Crippen molar-refractivity contribution in [3.05, 3.63) is 42.0 Å². The fourth-order valence-corrected chi connectivity index (χ4v) is 4.50. The maximum absolute atomic E-state index is 12.4. The summed E-state index contributed by atoms with van der Waals surface area (Å²) in [5, 5.41) is 80.7. The predicted octanol–water partition coefficient (Wildman–Crippen LogP) is -2.49. The van der Waals surface area contributed by atoms with E-state index in [4.69, 9.17) is 28.8 Å². The summed E-state index contributed by atoms with van der Waals surface area (Å²) in [6.07, 6.45) is -14.3. The van der Waals surface area contributed by atoms with E-state index in [1.807, 2.05) is 30.3 Å². The van der Waals surface area contributed by atoms with Crippen molar-refractivity contribution in [2.75, 3.05) is 19.8 Å². The van der Waals surface area contributed by atoms with Crippen LogP contribution in [-0.4, -0.2) is 140 Å². The van der Waals surface area contributed by atoms with Crippen LogP contribution in [-0.2, 0) is 33.3 Å². The van der Waals surface area contributed by atoms with E-state index in [0.717, 1.165) is 12.5 Å². The molecule has 8 N–H and O–H groups in total. The molecule has 1 aromatic rings. The van der Waals surface area contributed by atoms with Gasteiger partial charge in [0.25, 0.3) is 0 Å². The third-order valence-electron chi connectivity index (χ3n) is 6.71. The van der Waals surface area contributed by atoms with Gasteiger partial charge in [0, 0.05) is 0 Å². The highest BCUT2D eigenvalue weighted by molar-refractivity contribution is 5.73. The van der Waals surface area contributed by atoms with E-state index in [9.17, 15) is 45.3 Å². The second kappa shape index (κ2) is 15.3. The Morgan fingerprint density at radius 1 is 0.905 bits per heavy atom. The molecule has 0 unspecified atom stereocenters. The third-order valence-corrected chi connectivity index (χ3v) is 6.71. The first-order valence-corrected chi connectivity index (χ1v) is 13.2. The fourth-order valence-electron chi connectivity index (χ4n) is 4.50. The lowest BCUT2D eigenvalue weighted by Crippen LogP contribution is -2.64. The number of rotatable bonds is 13. The average molecular weight is 603 g/mol. The summed E-state index contributed by atoms with van der Waals surface area (Å²) in [4.78, 5) is 23.3. The summed E-state index contributed by atoms with van der Waals surface area (Å²) in [5.74, 6) is -2.35. The van der Waals surface area contributed by atoms with Crippen LogP contribution in [0.3, 0.4) is 0 Å². The Morgan fingerprint density at radius 3 is 2.19 bits per heavy atom. The smallest absolute Gasteiger partial charge is 0.308 e. The number of carbonyl (C=O) groups is 2. The van der Waals surface area contributed by atoms with Gasteiger partial charge in [-0.3, -0.25) is 9.59 Å². The molecule has 0 spiro atoms. The molecular weight excluding hydrogens is 564 g/mol. The molecule has 15 heteroatoms. The maximum Gasteiger partial charge on any atom is 0.308 e. The summed E-state index contributed by atoms with van der Waals surface area (Å²) in [7, 11) is 0. The van der Waals surface area contributed by atoms with Crippen LogP contribution in [0.15, 0.2) is 36.4 Å². The topological polar surface area (TPSA) is 242 Å². The number of aliphatic hydroxyl groups is 7. The number of hydrogen-bond donors (Lipinski definition) is 8. The molecule has 2 fully saturated rings. The average Bonchev–Trinajstić information content (AvgIpc) is 2.93. The Bertz CT molecular complexity index is 1030. The number of ether oxygens (including phenoxy) is 5. The van der Waals surface area contributed by atoms with E-state index in [1.54, 1.807) is 12.2 Å². The minimum Gasteiger partial charge on any atom is -0.481 e. The minimum absolute atomic E-state index is 0.0634. The molecule has 11 atom stereocenters. The van der Waals surface area contributed by atoms with Gasteiger partial charge in [0.1, 0.15) is 55.4 Å². The Kier molecular flexibility index (Phi) is 12.3. The van der Waals surface area contributed by atoms with Crippen LogP contribution in [0.4, 0.5) is 0 Å². The summed E-state index contributed by atoms with van der Waals surface area (Å²) in [5.41, 5.74) is -1.04. The quantitative estimate of drug-likeness (QED) is 0.109. The molecule has 0 radical (unpaired) electrons. The monoisotopic (exact) mass is 602 g/mol. The molecule has 2 saturated heterocycles. The molecule has 0 aliphatic carbocycles. The van der Waals surface area contributed by atoms with Crippen LogP contribution in [0.5, 0.6) is 0 Å². The van der Waals surface area contributed by atoms with Gasteiger partial charge in [-0.25, -0.2) is 0 Å². The van der Waals surface area contributed by atoms with Crippen molar-refractivity contribution in [2.45, 2.75) is 86.8 Å². The molecule has 2 aliphatic heterocycles. The van der Waals surface area contributed by atoms with Crippen LogP contribution in [0.25, 0.3) is 6.08 Å². The second-order valence-electron chi connectivity index (χ2n) is 10.4. The van der Waals surface area contributed by atoms with Crippen molar-refractivity contribution in [1.82, 2.24) is 0 Å². The van der Waals surface area contributed by atoms with E-state index in [1.165, 1.54) is 0 Å². The molecular formula is C27H38O15. The first-order chi connectivity index (χ1) is 19.8. The van der Waals surface area contributed by atoms with Crippen LogP contribution in [0, 0.1) is 0 Å². The zero-order valence-electron chi connectivity index (χ0n) is 22.8. The van der Waals surface area contributed by atoms with Gasteiger partial charge in [-0.2, -0.15) is 0 Å². The fraction of sp³-hybridized carbons (Fsp3) is 0.630. The number of benzene rings is 1. The Morgan fingerprint density at radius 2 is 1.55 bits per heavy atom. The van der Waals surface area contributed by atoms with Crippen LogP contribution < -0.4 is 0 Å². The van der Waals surface area contributed by atoms with Crippen molar-refractivity contribution in [3.63, 3.8) is 0 Å². The van der Waals surface area contributed by atoms with Crippen molar-refractivity contribution < 1.29 is 74.1 Å². The van der Waals surface area contributed by atoms with Gasteiger partial charge in [0.15, 0.2) is 12.6 Å². The van der Waals surface area contributed by atoms with Gasteiger partial charge in [0.05, 0.1) is 31.7 Å². The Hall–Kier alpha value is -2.54. The highest BCUT2D eigenvalue weighted by Crippen LogP contribution is 2.30.